The maximum atomic E-state index is 9.30. The van der Waals surface area contributed by atoms with Gasteiger partial charge in [-0.3, -0.25) is 0 Å². The molecule has 1 aromatic rings. The van der Waals surface area contributed by atoms with Gasteiger partial charge in [-0.15, -0.1) is 0 Å². The topological polar surface area (TPSA) is 44.7 Å². The van der Waals surface area contributed by atoms with E-state index in [1.807, 2.05) is 6.26 Å². The van der Waals surface area contributed by atoms with Crippen molar-refractivity contribution in [3.63, 3.8) is 0 Å². The van der Waals surface area contributed by atoms with E-state index < -0.39 is 0 Å². The summed E-state index contributed by atoms with van der Waals surface area (Å²) >= 11 is 1.70. The lowest BCUT2D eigenvalue weighted by Gasteiger charge is -2.29. The van der Waals surface area contributed by atoms with Crippen LogP contribution in [-0.2, 0) is 11.3 Å². The van der Waals surface area contributed by atoms with Crippen LogP contribution in [0.5, 0.6) is 0 Å². The molecule has 1 fully saturated rings. The van der Waals surface area contributed by atoms with Crippen molar-refractivity contribution in [2.75, 3.05) is 44.1 Å². The molecule has 0 bridgehead atoms. The summed E-state index contributed by atoms with van der Waals surface area (Å²) in [4.78, 5) is 2.36. The van der Waals surface area contributed by atoms with Gasteiger partial charge in [0.2, 0.25) is 0 Å². The molecule has 118 valence electrons. The lowest BCUT2D eigenvalue weighted by atomic mass is 10.1. The Morgan fingerprint density at radius 1 is 1.29 bits per heavy atom. The van der Waals surface area contributed by atoms with Gasteiger partial charge >= 0.3 is 0 Å². The first-order valence-corrected chi connectivity index (χ1v) is 8.82. The predicted octanol–water partition coefficient (Wildman–Crippen LogP) is 1.73. The minimum Gasteiger partial charge on any atom is -0.395 e. The third-order valence-corrected chi connectivity index (χ3v) is 5.14. The van der Waals surface area contributed by atoms with Gasteiger partial charge in [-0.05, 0) is 30.9 Å². The Labute approximate surface area is 131 Å². The van der Waals surface area contributed by atoms with Crippen molar-refractivity contribution in [1.29, 1.82) is 0 Å². The van der Waals surface area contributed by atoms with Crippen LogP contribution < -0.4 is 10.2 Å². The van der Waals surface area contributed by atoms with Gasteiger partial charge in [-0.2, -0.15) is 11.8 Å². The zero-order valence-electron chi connectivity index (χ0n) is 12.9. The Hall–Kier alpha value is -0.750. The molecular weight excluding hydrogens is 284 g/mol. The number of hydrogen-bond acceptors (Lipinski definition) is 5. The Morgan fingerprint density at radius 3 is 2.52 bits per heavy atom. The molecule has 5 heteroatoms. The summed E-state index contributed by atoms with van der Waals surface area (Å²) < 4.78 is 5.38. The molecule has 1 aliphatic heterocycles. The smallest absolute Gasteiger partial charge is 0.0642 e. The molecule has 0 saturated carbocycles. The summed E-state index contributed by atoms with van der Waals surface area (Å²) in [5, 5.41) is 13.0. The Balaban J connectivity index is 1.84. The minimum absolute atomic E-state index is 0.214. The van der Waals surface area contributed by atoms with Crippen molar-refractivity contribution in [1.82, 2.24) is 5.32 Å². The molecule has 0 amide bonds. The highest BCUT2D eigenvalue weighted by Crippen LogP contribution is 2.17. The highest BCUT2D eigenvalue weighted by atomic mass is 32.2. The SMILES string of the molecule is CSC(CO)C(C)NCc1ccc(N2CCOCC2)cc1. The van der Waals surface area contributed by atoms with Gasteiger partial charge < -0.3 is 20.1 Å². The fourth-order valence-corrected chi connectivity index (χ4v) is 3.15. The van der Waals surface area contributed by atoms with E-state index in [1.165, 1.54) is 11.3 Å². The number of benzene rings is 1. The summed E-state index contributed by atoms with van der Waals surface area (Å²) in [6, 6.07) is 9.02. The lowest BCUT2D eigenvalue weighted by molar-refractivity contribution is 0.122. The van der Waals surface area contributed by atoms with Crippen molar-refractivity contribution in [2.45, 2.75) is 24.8 Å². The van der Waals surface area contributed by atoms with Crippen LogP contribution in [0.15, 0.2) is 24.3 Å². The normalized spacial score (nSPS) is 18.5. The molecule has 4 nitrogen and oxygen atoms in total. The van der Waals surface area contributed by atoms with Crippen LogP contribution >= 0.6 is 11.8 Å². The first-order chi connectivity index (χ1) is 10.2. The second kappa shape index (κ2) is 8.63. The number of hydrogen-bond donors (Lipinski definition) is 2. The number of nitrogens with zero attached hydrogens (tertiary/aromatic N) is 1. The van der Waals surface area contributed by atoms with Gasteiger partial charge in [0.15, 0.2) is 0 Å². The maximum absolute atomic E-state index is 9.30. The second-order valence-corrected chi connectivity index (χ2v) is 6.47. The van der Waals surface area contributed by atoms with Crippen LogP contribution in [0.3, 0.4) is 0 Å². The molecule has 0 spiro atoms. The molecule has 2 unspecified atom stereocenters. The molecule has 1 aromatic carbocycles. The summed E-state index contributed by atoms with van der Waals surface area (Å²) in [7, 11) is 0. The number of anilines is 1. The Bertz CT molecular complexity index is 403. The van der Waals surface area contributed by atoms with Gasteiger partial charge in [-0.25, -0.2) is 0 Å². The monoisotopic (exact) mass is 310 g/mol. The fraction of sp³-hybridized carbons (Fsp3) is 0.625. The second-order valence-electron chi connectivity index (χ2n) is 5.39. The first-order valence-electron chi connectivity index (χ1n) is 7.53. The maximum Gasteiger partial charge on any atom is 0.0642 e. The van der Waals surface area contributed by atoms with Crippen LogP contribution in [0.25, 0.3) is 0 Å². The van der Waals surface area contributed by atoms with Crippen molar-refractivity contribution in [2.24, 2.45) is 0 Å². The summed E-state index contributed by atoms with van der Waals surface area (Å²) in [5.41, 5.74) is 2.55. The minimum atomic E-state index is 0.214. The van der Waals surface area contributed by atoms with E-state index in [2.05, 4.69) is 41.4 Å². The van der Waals surface area contributed by atoms with E-state index in [0.29, 0.717) is 6.04 Å². The number of ether oxygens (including phenoxy) is 1. The van der Waals surface area contributed by atoms with Crippen LogP contribution in [0, 0.1) is 0 Å². The Kier molecular flexibility index (Phi) is 6.83. The number of nitrogens with one attached hydrogen (secondary N) is 1. The molecule has 0 radical (unpaired) electrons. The number of thioether (sulfide) groups is 1. The van der Waals surface area contributed by atoms with Gasteiger partial charge in [0.1, 0.15) is 0 Å². The third-order valence-electron chi connectivity index (χ3n) is 3.98. The number of aliphatic hydroxyl groups is 1. The average molecular weight is 310 g/mol. The molecule has 0 aliphatic carbocycles. The van der Waals surface area contributed by atoms with Gasteiger partial charge in [0.25, 0.3) is 0 Å². The fourth-order valence-electron chi connectivity index (χ4n) is 2.49. The van der Waals surface area contributed by atoms with Crippen molar-refractivity contribution < 1.29 is 9.84 Å². The van der Waals surface area contributed by atoms with Gasteiger partial charge in [-0.1, -0.05) is 12.1 Å². The molecule has 1 heterocycles. The summed E-state index contributed by atoms with van der Waals surface area (Å²) in [5.74, 6) is 0. The highest BCUT2D eigenvalue weighted by molar-refractivity contribution is 7.99. The molecule has 1 saturated heterocycles. The molecule has 0 aromatic heterocycles. The summed E-state index contributed by atoms with van der Waals surface area (Å²) in [6.07, 6.45) is 2.04. The first kappa shape index (κ1) is 16.6. The summed E-state index contributed by atoms with van der Waals surface area (Å²) in [6.45, 7) is 6.75. The van der Waals surface area contributed by atoms with E-state index in [-0.39, 0.29) is 11.9 Å². The number of rotatable bonds is 7. The van der Waals surface area contributed by atoms with Crippen LogP contribution in [0.2, 0.25) is 0 Å². The largest absolute Gasteiger partial charge is 0.395 e. The predicted molar refractivity (Wildman–Crippen MR) is 90.2 cm³/mol. The van der Waals surface area contributed by atoms with E-state index in [9.17, 15) is 5.11 Å². The number of aliphatic hydroxyl groups excluding tert-OH is 1. The standard InChI is InChI=1S/C16H26N2O2S/c1-13(16(12-19)21-2)17-11-14-3-5-15(6-4-14)18-7-9-20-10-8-18/h3-6,13,16-17,19H,7-12H2,1-2H3. The molecule has 21 heavy (non-hydrogen) atoms. The molecule has 1 aliphatic rings. The third kappa shape index (κ3) is 4.88. The van der Waals surface area contributed by atoms with E-state index in [4.69, 9.17) is 4.74 Å². The quantitative estimate of drug-likeness (QED) is 0.803. The van der Waals surface area contributed by atoms with Gasteiger partial charge in [0, 0.05) is 36.6 Å². The van der Waals surface area contributed by atoms with Crippen LogP contribution in [-0.4, -0.2) is 55.6 Å². The average Bonchev–Trinajstić information content (AvgIpc) is 2.55. The number of morpholine rings is 1. The van der Waals surface area contributed by atoms with Crippen LogP contribution in [0.4, 0.5) is 5.69 Å². The van der Waals surface area contributed by atoms with E-state index in [1.54, 1.807) is 11.8 Å². The molecule has 2 atom stereocenters. The highest BCUT2D eigenvalue weighted by Gasteiger charge is 2.14. The van der Waals surface area contributed by atoms with Crippen molar-refractivity contribution in [3.05, 3.63) is 29.8 Å². The molecular formula is C16H26N2O2S. The molecule has 2 rings (SSSR count). The van der Waals surface area contributed by atoms with Crippen molar-refractivity contribution in [3.8, 4) is 0 Å². The zero-order valence-corrected chi connectivity index (χ0v) is 13.7. The van der Waals surface area contributed by atoms with Crippen molar-refractivity contribution >= 4 is 17.4 Å². The lowest BCUT2D eigenvalue weighted by Crippen LogP contribution is -2.37. The van der Waals surface area contributed by atoms with E-state index in [0.717, 1.165) is 32.8 Å². The van der Waals surface area contributed by atoms with E-state index >= 15 is 0 Å². The van der Waals surface area contributed by atoms with Crippen LogP contribution in [0.1, 0.15) is 12.5 Å². The zero-order chi connectivity index (χ0) is 15.1. The van der Waals surface area contributed by atoms with Gasteiger partial charge in [0.05, 0.1) is 19.8 Å². The Morgan fingerprint density at radius 2 is 1.95 bits per heavy atom. The molecule has 2 N–H and O–H groups in total.